The van der Waals surface area contributed by atoms with Crippen LogP contribution < -0.4 is 0 Å². The zero-order valence-corrected chi connectivity index (χ0v) is 19.2. The summed E-state index contributed by atoms with van der Waals surface area (Å²) < 4.78 is 7.02. The highest BCUT2D eigenvalue weighted by molar-refractivity contribution is 8.18. The lowest BCUT2D eigenvalue weighted by Crippen LogP contribution is -2.34. The zero-order valence-electron chi connectivity index (χ0n) is 17.6. The van der Waals surface area contributed by atoms with E-state index in [1.165, 1.54) is 0 Å². The van der Waals surface area contributed by atoms with Gasteiger partial charge in [0.2, 0.25) is 0 Å². The predicted molar refractivity (Wildman–Crippen MR) is 127 cm³/mol. The number of esters is 1. The number of halogens is 1. The van der Waals surface area contributed by atoms with Gasteiger partial charge in [0.1, 0.15) is 6.54 Å². The number of ether oxygens (including phenoxy) is 1. The Morgan fingerprint density at radius 2 is 1.84 bits per heavy atom. The molecule has 0 radical (unpaired) electrons. The second-order valence-corrected chi connectivity index (χ2v) is 8.67. The standard InChI is InChI=1S/C24H21ClN2O4S/c1-3-31-22(28)14-27-23(29)21(32-24(27)30)12-18-15(2)26(20-11-7-5-9-17(18)20)13-16-8-4-6-10-19(16)25/h4-12H,3,13-14H2,1-2H3. The van der Waals surface area contributed by atoms with Crippen molar-refractivity contribution in [3.63, 3.8) is 0 Å². The fourth-order valence-corrected chi connectivity index (χ4v) is 4.76. The lowest BCUT2D eigenvalue weighted by Gasteiger charge is -2.11. The number of rotatable bonds is 6. The molecule has 2 aromatic carbocycles. The third-order valence-electron chi connectivity index (χ3n) is 5.31. The van der Waals surface area contributed by atoms with Crippen molar-refractivity contribution in [3.8, 4) is 0 Å². The number of benzene rings is 2. The minimum Gasteiger partial charge on any atom is -0.465 e. The molecular formula is C24H21ClN2O4S. The summed E-state index contributed by atoms with van der Waals surface area (Å²) in [6, 6.07) is 15.6. The number of hydrogen-bond acceptors (Lipinski definition) is 5. The average molecular weight is 469 g/mol. The SMILES string of the molecule is CCOC(=O)CN1C(=O)SC(=Cc2c(C)n(Cc3ccccc3Cl)c3ccccc23)C1=O. The van der Waals surface area contributed by atoms with Crippen LogP contribution in [0.2, 0.25) is 5.02 Å². The molecule has 4 rings (SSSR count). The zero-order chi connectivity index (χ0) is 22.8. The fourth-order valence-electron chi connectivity index (χ4n) is 3.74. The maximum atomic E-state index is 12.8. The lowest BCUT2D eigenvalue weighted by molar-refractivity contribution is -0.145. The molecule has 6 nitrogen and oxygen atoms in total. The van der Waals surface area contributed by atoms with Crippen LogP contribution in [0.4, 0.5) is 4.79 Å². The number of aromatic nitrogens is 1. The monoisotopic (exact) mass is 468 g/mol. The van der Waals surface area contributed by atoms with Gasteiger partial charge in [-0.2, -0.15) is 0 Å². The number of thioether (sulfide) groups is 1. The van der Waals surface area contributed by atoms with Gasteiger partial charge in [0.25, 0.3) is 11.1 Å². The number of para-hydroxylation sites is 1. The average Bonchev–Trinajstić information content (AvgIpc) is 3.19. The molecular weight excluding hydrogens is 448 g/mol. The molecule has 1 aliphatic rings. The molecule has 1 saturated heterocycles. The minimum atomic E-state index is -0.608. The van der Waals surface area contributed by atoms with E-state index in [0.29, 0.717) is 11.6 Å². The van der Waals surface area contributed by atoms with Crippen LogP contribution in [0.3, 0.4) is 0 Å². The third-order valence-corrected chi connectivity index (χ3v) is 6.58. The molecule has 1 aromatic heterocycles. The van der Waals surface area contributed by atoms with E-state index in [9.17, 15) is 14.4 Å². The normalized spacial score (nSPS) is 15.2. The van der Waals surface area contributed by atoms with Gasteiger partial charge in [-0.25, -0.2) is 0 Å². The summed E-state index contributed by atoms with van der Waals surface area (Å²) in [6.45, 7) is 4.03. The number of carbonyl (C=O) groups excluding carboxylic acids is 3. The second kappa shape index (κ2) is 9.22. The summed E-state index contributed by atoms with van der Waals surface area (Å²) in [5.41, 5.74) is 3.79. The number of imide groups is 1. The summed E-state index contributed by atoms with van der Waals surface area (Å²) in [5.74, 6) is -1.10. The van der Waals surface area contributed by atoms with Crippen LogP contribution in [0.1, 0.15) is 23.7 Å². The van der Waals surface area contributed by atoms with E-state index in [0.717, 1.165) is 44.4 Å². The van der Waals surface area contributed by atoms with Crippen LogP contribution in [0.5, 0.6) is 0 Å². The quantitative estimate of drug-likeness (QED) is 0.365. The van der Waals surface area contributed by atoms with Crippen LogP contribution in [0.15, 0.2) is 53.4 Å². The Kier molecular flexibility index (Phi) is 6.39. The minimum absolute atomic E-state index is 0.190. The van der Waals surface area contributed by atoms with Gasteiger partial charge in [-0.15, -0.1) is 0 Å². The van der Waals surface area contributed by atoms with Crippen molar-refractivity contribution < 1.29 is 19.1 Å². The van der Waals surface area contributed by atoms with Gasteiger partial charge >= 0.3 is 5.97 Å². The molecule has 1 fully saturated rings. The number of nitrogens with zero attached hydrogens (tertiary/aromatic N) is 2. The first-order chi connectivity index (χ1) is 15.4. The fraction of sp³-hybridized carbons (Fsp3) is 0.208. The van der Waals surface area contributed by atoms with Gasteiger partial charge in [0.05, 0.1) is 11.5 Å². The molecule has 2 amide bonds. The van der Waals surface area contributed by atoms with E-state index >= 15 is 0 Å². The molecule has 0 spiro atoms. The van der Waals surface area contributed by atoms with E-state index in [4.69, 9.17) is 16.3 Å². The highest BCUT2D eigenvalue weighted by Gasteiger charge is 2.37. The maximum absolute atomic E-state index is 12.8. The molecule has 3 aromatic rings. The Balaban J connectivity index is 1.73. The molecule has 0 saturated carbocycles. The molecule has 2 heterocycles. The Labute approximate surface area is 194 Å². The van der Waals surface area contributed by atoms with Gasteiger partial charge in [-0.1, -0.05) is 48.0 Å². The number of hydrogen-bond donors (Lipinski definition) is 0. The van der Waals surface area contributed by atoms with Gasteiger partial charge < -0.3 is 9.30 Å². The largest absolute Gasteiger partial charge is 0.465 e. The topological polar surface area (TPSA) is 68.6 Å². The van der Waals surface area contributed by atoms with Gasteiger partial charge in [0, 0.05) is 33.7 Å². The van der Waals surface area contributed by atoms with Crippen molar-refractivity contribution in [2.75, 3.05) is 13.2 Å². The Hall–Kier alpha value is -3.03. The molecule has 0 aliphatic carbocycles. The van der Waals surface area contributed by atoms with Crippen molar-refractivity contribution in [3.05, 3.63) is 75.3 Å². The highest BCUT2D eigenvalue weighted by atomic mass is 35.5. The smallest absolute Gasteiger partial charge is 0.326 e. The van der Waals surface area contributed by atoms with Crippen molar-refractivity contribution in [2.45, 2.75) is 20.4 Å². The summed E-state index contributed by atoms with van der Waals surface area (Å²) in [5, 5.41) is 1.17. The number of fused-ring (bicyclic) bond motifs is 1. The molecule has 1 aliphatic heterocycles. The molecule has 32 heavy (non-hydrogen) atoms. The number of amides is 2. The predicted octanol–water partition coefficient (Wildman–Crippen LogP) is 5.25. The van der Waals surface area contributed by atoms with Crippen molar-refractivity contribution >= 4 is 57.5 Å². The van der Waals surface area contributed by atoms with E-state index < -0.39 is 17.1 Å². The first-order valence-corrected chi connectivity index (χ1v) is 11.3. The summed E-state index contributed by atoms with van der Waals surface area (Å²) >= 11 is 7.21. The van der Waals surface area contributed by atoms with Crippen molar-refractivity contribution in [1.29, 1.82) is 0 Å². The Morgan fingerprint density at radius 1 is 1.12 bits per heavy atom. The van der Waals surface area contributed by atoms with Gasteiger partial charge in [0.15, 0.2) is 0 Å². The van der Waals surface area contributed by atoms with Crippen LogP contribution in [0, 0.1) is 6.92 Å². The molecule has 0 unspecified atom stereocenters. The summed E-state index contributed by atoms with van der Waals surface area (Å²) in [7, 11) is 0. The van der Waals surface area contributed by atoms with Crippen LogP contribution in [0.25, 0.3) is 17.0 Å². The van der Waals surface area contributed by atoms with Gasteiger partial charge in [-0.3, -0.25) is 19.3 Å². The van der Waals surface area contributed by atoms with E-state index in [1.54, 1.807) is 13.0 Å². The molecule has 164 valence electrons. The van der Waals surface area contributed by atoms with E-state index in [2.05, 4.69) is 4.57 Å². The summed E-state index contributed by atoms with van der Waals surface area (Å²) in [6.07, 6.45) is 1.73. The van der Waals surface area contributed by atoms with Crippen LogP contribution >= 0.6 is 23.4 Å². The second-order valence-electron chi connectivity index (χ2n) is 7.27. The van der Waals surface area contributed by atoms with E-state index in [-0.39, 0.29) is 18.1 Å². The van der Waals surface area contributed by atoms with Crippen LogP contribution in [-0.2, 0) is 20.9 Å². The molecule has 0 bridgehead atoms. The third kappa shape index (κ3) is 4.18. The Morgan fingerprint density at radius 3 is 2.59 bits per heavy atom. The molecule has 0 atom stereocenters. The van der Waals surface area contributed by atoms with Crippen molar-refractivity contribution in [1.82, 2.24) is 9.47 Å². The van der Waals surface area contributed by atoms with Gasteiger partial charge in [-0.05, 0) is 49.4 Å². The van der Waals surface area contributed by atoms with E-state index in [1.807, 2.05) is 55.5 Å². The Bertz CT molecular complexity index is 1260. The summed E-state index contributed by atoms with van der Waals surface area (Å²) in [4.78, 5) is 38.2. The first-order valence-electron chi connectivity index (χ1n) is 10.1. The maximum Gasteiger partial charge on any atom is 0.326 e. The first kappa shape index (κ1) is 22.2. The van der Waals surface area contributed by atoms with Crippen LogP contribution in [-0.4, -0.2) is 39.7 Å². The number of carbonyl (C=O) groups is 3. The molecule has 8 heteroatoms. The lowest BCUT2D eigenvalue weighted by atomic mass is 10.1. The molecule has 0 N–H and O–H groups in total. The highest BCUT2D eigenvalue weighted by Crippen LogP contribution is 2.36. The van der Waals surface area contributed by atoms with Crippen molar-refractivity contribution in [2.24, 2.45) is 0 Å².